The zero-order chi connectivity index (χ0) is 13.2. The van der Waals surface area contributed by atoms with E-state index in [0.717, 1.165) is 54.2 Å². The van der Waals surface area contributed by atoms with Crippen molar-refractivity contribution in [2.24, 2.45) is 0 Å². The Kier molecular flexibility index (Phi) is 4.40. The molecule has 2 nitrogen and oxygen atoms in total. The van der Waals surface area contributed by atoms with Crippen molar-refractivity contribution in [2.45, 2.75) is 4.90 Å². The molecular weight excluding hydrogens is 301 g/mol. The summed E-state index contributed by atoms with van der Waals surface area (Å²) in [7, 11) is 0. The van der Waals surface area contributed by atoms with E-state index in [0.29, 0.717) is 0 Å². The number of hydrogen-bond donors (Lipinski definition) is 0. The lowest BCUT2D eigenvalue weighted by atomic mass is 10.1. The van der Waals surface area contributed by atoms with Gasteiger partial charge in [-0.25, -0.2) is 0 Å². The van der Waals surface area contributed by atoms with Gasteiger partial charge in [-0.3, -0.25) is 4.90 Å². The Bertz CT molecular complexity index is 512. The van der Waals surface area contributed by atoms with Crippen LogP contribution in [0.3, 0.4) is 0 Å². The smallest absolute Gasteiger partial charge is 0.0594 e. The molecule has 0 radical (unpaired) electrons. The Hall–Kier alpha value is -0.190. The first-order valence-electron chi connectivity index (χ1n) is 6.34. The Morgan fingerprint density at radius 1 is 1.21 bits per heavy atom. The molecule has 0 aliphatic carbocycles. The standard InChI is InChI=1S/C14H15Cl2NOS/c15-11-1-2-13-12(7-11)14(16)10(9-19-13)8-17-3-5-18-6-4-17/h1-2,7H,3-6,8-9H2. The predicted octanol–water partition coefficient (Wildman–Crippen LogP) is 3.73. The van der Waals surface area contributed by atoms with Crippen LogP contribution in [0.2, 0.25) is 5.02 Å². The summed E-state index contributed by atoms with van der Waals surface area (Å²) in [5, 5.41) is 1.62. The lowest BCUT2D eigenvalue weighted by Gasteiger charge is -2.29. The molecule has 2 heterocycles. The first-order chi connectivity index (χ1) is 9.24. The van der Waals surface area contributed by atoms with Gasteiger partial charge >= 0.3 is 0 Å². The number of ether oxygens (including phenoxy) is 1. The molecule has 1 aromatic rings. The van der Waals surface area contributed by atoms with Crippen molar-refractivity contribution in [2.75, 3.05) is 38.6 Å². The minimum Gasteiger partial charge on any atom is -0.379 e. The van der Waals surface area contributed by atoms with Gasteiger partial charge in [-0.15, -0.1) is 11.8 Å². The van der Waals surface area contributed by atoms with Crippen molar-refractivity contribution in [1.82, 2.24) is 4.90 Å². The Morgan fingerprint density at radius 2 is 2.00 bits per heavy atom. The number of nitrogens with zero attached hydrogens (tertiary/aromatic N) is 1. The SMILES string of the molecule is ClC1=C(CN2CCOCC2)CSc2ccc(Cl)cc21. The second kappa shape index (κ2) is 6.06. The van der Waals surface area contributed by atoms with Gasteiger partial charge in [0.1, 0.15) is 0 Å². The Morgan fingerprint density at radius 3 is 2.79 bits per heavy atom. The summed E-state index contributed by atoms with van der Waals surface area (Å²) in [5.74, 6) is 0.963. The van der Waals surface area contributed by atoms with E-state index in [9.17, 15) is 0 Å². The number of thioether (sulfide) groups is 1. The topological polar surface area (TPSA) is 12.5 Å². The highest BCUT2D eigenvalue weighted by Crippen LogP contribution is 2.40. The maximum atomic E-state index is 6.55. The van der Waals surface area contributed by atoms with E-state index in [1.807, 2.05) is 23.9 Å². The molecule has 0 spiro atoms. The zero-order valence-corrected chi connectivity index (χ0v) is 12.8. The lowest BCUT2D eigenvalue weighted by Crippen LogP contribution is -2.38. The second-order valence-electron chi connectivity index (χ2n) is 4.74. The quantitative estimate of drug-likeness (QED) is 0.825. The second-order valence-corrected chi connectivity index (χ2v) is 6.57. The van der Waals surface area contributed by atoms with Crippen LogP contribution in [-0.4, -0.2) is 43.5 Å². The van der Waals surface area contributed by atoms with Gasteiger partial charge < -0.3 is 4.74 Å². The summed E-state index contributed by atoms with van der Waals surface area (Å²) >= 11 is 14.5. The van der Waals surface area contributed by atoms with Crippen LogP contribution in [0.15, 0.2) is 28.7 Å². The van der Waals surface area contributed by atoms with E-state index in [4.69, 9.17) is 27.9 Å². The Balaban J connectivity index is 1.83. The highest BCUT2D eigenvalue weighted by atomic mass is 35.5. The molecule has 1 saturated heterocycles. The van der Waals surface area contributed by atoms with Gasteiger partial charge in [0.05, 0.1) is 18.2 Å². The van der Waals surface area contributed by atoms with E-state index < -0.39 is 0 Å². The van der Waals surface area contributed by atoms with E-state index >= 15 is 0 Å². The zero-order valence-electron chi connectivity index (χ0n) is 10.5. The molecular formula is C14H15Cl2NOS. The number of fused-ring (bicyclic) bond motifs is 1. The van der Waals surface area contributed by atoms with Crippen LogP contribution in [-0.2, 0) is 4.74 Å². The number of halogens is 2. The normalized spacial score (nSPS) is 20.5. The summed E-state index contributed by atoms with van der Waals surface area (Å²) < 4.78 is 5.37. The van der Waals surface area contributed by atoms with Crippen LogP contribution in [0.4, 0.5) is 0 Å². The third kappa shape index (κ3) is 3.11. The van der Waals surface area contributed by atoms with Crippen LogP contribution in [0.5, 0.6) is 0 Å². The molecule has 3 rings (SSSR count). The third-order valence-corrected chi connectivity index (χ3v) is 5.27. The number of rotatable bonds is 2. The van der Waals surface area contributed by atoms with Crippen LogP contribution in [0, 0.1) is 0 Å². The minimum atomic E-state index is 0.741. The molecule has 2 aliphatic rings. The fourth-order valence-corrected chi connectivity index (χ4v) is 4.00. The van der Waals surface area contributed by atoms with Crippen molar-refractivity contribution < 1.29 is 4.74 Å². The molecule has 0 unspecified atom stereocenters. The van der Waals surface area contributed by atoms with Gasteiger partial charge in [0.15, 0.2) is 0 Å². The molecule has 19 heavy (non-hydrogen) atoms. The molecule has 0 atom stereocenters. The third-order valence-electron chi connectivity index (χ3n) is 3.41. The van der Waals surface area contributed by atoms with Crippen LogP contribution >= 0.6 is 35.0 Å². The van der Waals surface area contributed by atoms with E-state index in [1.54, 1.807) is 0 Å². The monoisotopic (exact) mass is 315 g/mol. The van der Waals surface area contributed by atoms with Crippen molar-refractivity contribution in [1.29, 1.82) is 0 Å². The lowest BCUT2D eigenvalue weighted by molar-refractivity contribution is 0.0424. The number of morpholine rings is 1. The van der Waals surface area contributed by atoms with E-state index in [-0.39, 0.29) is 0 Å². The average Bonchev–Trinajstić information content (AvgIpc) is 2.44. The van der Waals surface area contributed by atoms with Crippen molar-refractivity contribution in [3.8, 4) is 0 Å². The van der Waals surface area contributed by atoms with Gasteiger partial charge in [-0.05, 0) is 23.8 Å². The summed E-state index contributed by atoms with van der Waals surface area (Å²) in [5.41, 5.74) is 2.37. The summed E-state index contributed by atoms with van der Waals surface area (Å²) in [6.07, 6.45) is 0. The summed E-state index contributed by atoms with van der Waals surface area (Å²) in [4.78, 5) is 3.62. The molecule has 1 aromatic carbocycles. The molecule has 1 fully saturated rings. The number of benzene rings is 1. The van der Waals surface area contributed by atoms with Gasteiger partial charge in [0.25, 0.3) is 0 Å². The molecule has 0 N–H and O–H groups in total. The maximum Gasteiger partial charge on any atom is 0.0594 e. The average molecular weight is 316 g/mol. The first kappa shape index (κ1) is 13.8. The maximum absolute atomic E-state index is 6.55. The van der Waals surface area contributed by atoms with Crippen molar-refractivity contribution >= 4 is 40.0 Å². The first-order valence-corrected chi connectivity index (χ1v) is 8.08. The predicted molar refractivity (Wildman–Crippen MR) is 82.2 cm³/mol. The van der Waals surface area contributed by atoms with Crippen molar-refractivity contribution in [3.63, 3.8) is 0 Å². The van der Waals surface area contributed by atoms with E-state index in [1.165, 1.54) is 10.5 Å². The molecule has 0 aromatic heterocycles. The van der Waals surface area contributed by atoms with Crippen LogP contribution < -0.4 is 0 Å². The molecule has 2 aliphatic heterocycles. The largest absolute Gasteiger partial charge is 0.379 e. The molecule has 0 bridgehead atoms. The van der Waals surface area contributed by atoms with Crippen molar-refractivity contribution in [3.05, 3.63) is 34.4 Å². The summed E-state index contributed by atoms with van der Waals surface area (Å²) in [6.45, 7) is 4.55. The van der Waals surface area contributed by atoms with Gasteiger partial charge in [-0.2, -0.15) is 0 Å². The fourth-order valence-electron chi connectivity index (χ4n) is 2.36. The molecule has 102 valence electrons. The van der Waals surface area contributed by atoms with Gasteiger partial charge in [0, 0.05) is 40.9 Å². The van der Waals surface area contributed by atoms with Gasteiger partial charge in [0.2, 0.25) is 0 Å². The highest BCUT2D eigenvalue weighted by Gasteiger charge is 2.21. The van der Waals surface area contributed by atoms with Crippen LogP contribution in [0.25, 0.3) is 5.03 Å². The minimum absolute atomic E-state index is 0.741. The number of hydrogen-bond acceptors (Lipinski definition) is 3. The molecule has 0 amide bonds. The van der Waals surface area contributed by atoms with E-state index in [2.05, 4.69) is 11.0 Å². The van der Waals surface area contributed by atoms with Crippen LogP contribution in [0.1, 0.15) is 5.56 Å². The highest BCUT2D eigenvalue weighted by molar-refractivity contribution is 7.99. The Labute approximate surface area is 127 Å². The van der Waals surface area contributed by atoms with Gasteiger partial charge in [-0.1, -0.05) is 23.2 Å². The molecule has 5 heteroatoms. The fraction of sp³-hybridized carbons (Fsp3) is 0.429. The summed E-state index contributed by atoms with van der Waals surface area (Å²) in [6, 6.07) is 5.94. The molecule has 0 saturated carbocycles.